The van der Waals surface area contributed by atoms with Gasteiger partial charge in [-0.3, -0.25) is 9.59 Å². The molecule has 0 radical (unpaired) electrons. The third kappa shape index (κ3) is 3.82. The van der Waals surface area contributed by atoms with Crippen molar-refractivity contribution in [1.29, 1.82) is 0 Å². The number of amides is 2. The van der Waals surface area contributed by atoms with E-state index in [4.69, 9.17) is 5.73 Å². The van der Waals surface area contributed by atoms with Gasteiger partial charge in [0.2, 0.25) is 5.91 Å². The van der Waals surface area contributed by atoms with Crippen molar-refractivity contribution >= 4 is 11.8 Å². The third-order valence-corrected chi connectivity index (χ3v) is 3.74. The lowest BCUT2D eigenvalue weighted by Gasteiger charge is -2.36. The van der Waals surface area contributed by atoms with Crippen LogP contribution in [0.3, 0.4) is 0 Å². The van der Waals surface area contributed by atoms with Gasteiger partial charge in [-0.1, -0.05) is 18.2 Å². The van der Waals surface area contributed by atoms with Crippen LogP contribution >= 0.6 is 0 Å². The predicted molar refractivity (Wildman–Crippen MR) is 81.8 cm³/mol. The number of nitrogens with one attached hydrogen (secondary N) is 1. The van der Waals surface area contributed by atoms with Crippen molar-refractivity contribution in [3.8, 4) is 0 Å². The molecule has 21 heavy (non-hydrogen) atoms. The van der Waals surface area contributed by atoms with Crippen LogP contribution in [-0.4, -0.2) is 41.4 Å². The highest BCUT2D eigenvalue weighted by Gasteiger charge is 2.35. The molecule has 2 rings (SSSR count). The Bertz CT molecular complexity index is 514. The van der Waals surface area contributed by atoms with Crippen LogP contribution in [0.5, 0.6) is 0 Å². The molecule has 1 aliphatic rings. The fourth-order valence-corrected chi connectivity index (χ4v) is 2.59. The number of carbonyl (C=O) groups is 2. The molecule has 1 atom stereocenters. The Kier molecular flexibility index (Phi) is 4.63. The van der Waals surface area contributed by atoms with Crippen molar-refractivity contribution in [2.75, 3.05) is 13.1 Å². The van der Waals surface area contributed by atoms with Gasteiger partial charge in [-0.2, -0.15) is 0 Å². The van der Waals surface area contributed by atoms with Gasteiger partial charge >= 0.3 is 0 Å². The normalized spacial score (nSPS) is 19.2. The second kappa shape index (κ2) is 6.26. The van der Waals surface area contributed by atoms with Crippen molar-refractivity contribution in [2.45, 2.75) is 38.3 Å². The van der Waals surface area contributed by atoms with Gasteiger partial charge in [-0.25, -0.2) is 0 Å². The minimum atomic E-state index is -0.940. The zero-order valence-corrected chi connectivity index (χ0v) is 12.6. The minimum absolute atomic E-state index is 0.0309. The lowest BCUT2D eigenvalue weighted by molar-refractivity contribution is -0.138. The first kappa shape index (κ1) is 15.5. The van der Waals surface area contributed by atoms with E-state index in [9.17, 15) is 9.59 Å². The lowest BCUT2D eigenvalue weighted by Crippen LogP contribution is -2.58. The first-order valence-electron chi connectivity index (χ1n) is 7.32. The summed E-state index contributed by atoms with van der Waals surface area (Å²) in [5.74, 6) is -0.322. The number of hydrogen-bond donors (Lipinski definition) is 2. The van der Waals surface area contributed by atoms with E-state index in [0.29, 0.717) is 18.7 Å². The van der Waals surface area contributed by atoms with Crippen molar-refractivity contribution in [3.05, 3.63) is 35.9 Å². The van der Waals surface area contributed by atoms with Gasteiger partial charge in [-0.15, -0.1) is 0 Å². The molecule has 0 bridgehead atoms. The van der Waals surface area contributed by atoms with Crippen molar-refractivity contribution in [1.82, 2.24) is 10.2 Å². The molecule has 1 aromatic carbocycles. The maximum atomic E-state index is 12.6. The Morgan fingerprint density at radius 1 is 1.29 bits per heavy atom. The molecule has 0 aliphatic carbocycles. The third-order valence-electron chi connectivity index (χ3n) is 3.74. The number of benzene rings is 1. The Labute approximate surface area is 125 Å². The Hall–Kier alpha value is -1.88. The van der Waals surface area contributed by atoms with E-state index < -0.39 is 5.54 Å². The van der Waals surface area contributed by atoms with E-state index in [0.717, 1.165) is 12.8 Å². The van der Waals surface area contributed by atoms with E-state index in [2.05, 4.69) is 5.32 Å². The maximum Gasteiger partial charge on any atom is 0.252 e. The largest absolute Gasteiger partial charge is 0.339 e. The van der Waals surface area contributed by atoms with E-state index in [-0.39, 0.29) is 17.9 Å². The average molecular weight is 289 g/mol. The van der Waals surface area contributed by atoms with Crippen LogP contribution in [-0.2, 0) is 4.79 Å². The zero-order chi connectivity index (χ0) is 15.5. The number of likely N-dealkylation sites (tertiary alicyclic amines) is 1. The van der Waals surface area contributed by atoms with Crippen LogP contribution in [0, 0.1) is 0 Å². The minimum Gasteiger partial charge on any atom is -0.339 e. The highest BCUT2D eigenvalue weighted by molar-refractivity contribution is 5.98. The number of nitrogens with zero attached hydrogens (tertiary/aromatic N) is 1. The van der Waals surface area contributed by atoms with Gasteiger partial charge in [0, 0.05) is 24.7 Å². The van der Waals surface area contributed by atoms with Crippen LogP contribution in [0.4, 0.5) is 0 Å². The highest BCUT2D eigenvalue weighted by Crippen LogP contribution is 2.15. The molecule has 2 amide bonds. The first-order valence-corrected chi connectivity index (χ1v) is 7.32. The van der Waals surface area contributed by atoms with Gasteiger partial charge in [-0.05, 0) is 38.8 Å². The van der Waals surface area contributed by atoms with E-state index >= 15 is 0 Å². The maximum absolute atomic E-state index is 12.6. The molecule has 1 fully saturated rings. The summed E-state index contributed by atoms with van der Waals surface area (Å²) >= 11 is 0. The second-order valence-electron chi connectivity index (χ2n) is 6.10. The van der Waals surface area contributed by atoms with Gasteiger partial charge in [0.1, 0.15) is 5.54 Å². The summed E-state index contributed by atoms with van der Waals surface area (Å²) < 4.78 is 0. The van der Waals surface area contributed by atoms with Crippen LogP contribution in [0.2, 0.25) is 0 Å². The molecular weight excluding hydrogens is 266 g/mol. The van der Waals surface area contributed by atoms with Crippen LogP contribution in [0.1, 0.15) is 37.0 Å². The zero-order valence-electron chi connectivity index (χ0n) is 12.6. The molecule has 0 aromatic heterocycles. The molecule has 0 unspecified atom stereocenters. The average Bonchev–Trinajstić information content (AvgIpc) is 2.47. The van der Waals surface area contributed by atoms with Gasteiger partial charge in [0.15, 0.2) is 0 Å². The van der Waals surface area contributed by atoms with Crippen molar-refractivity contribution in [3.63, 3.8) is 0 Å². The molecule has 0 spiro atoms. The Balaban J connectivity index is 2.03. The molecule has 114 valence electrons. The molecule has 0 saturated carbocycles. The SMILES string of the molecule is CC(C)(NC(=O)c1ccccc1)C(=O)N1CCC[C@H](N)C1. The molecular formula is C16H23N3O2. The van der Waals surface area contributed by atoms with Gasteiger partial charge in [0.05, 0.1) is 0 Å². The molecule has 1 aromatic rings. The van der Waals surface area contributed by atoms with E-state index in [1.165, 1.54) is 0 Å². The topological polar surface area (TPSA) is 75.4 Å². The van der Waals surface area contributed by atoms with E-state index in [1.807, 2.05) is 6.07 Å². The first-order chi connectivity index (χ1) is 9.90. The van der Waals surface area contributed by atoms with Crippen LogP contribution in [0.25, 0.3) is 0 Å². The Morgan fingerprint density at radius 2 is 1.95 bits per heavy atom. The predicted octanol–water partition coefficient (Wildman–Crippen LogP) is 1.14. The Morgan fingerprint density at radius 3 is 2.57 bits per heavy atom. The van der Waals surface area contributed by atoms with Crippen LogP contribution in [0.15, 0.2) is 30.3 Å². The summed E-state index contributed by atoms with van der Waals surface area (Å²) in [5, 5.41) is 2.81. The second-order valence-corrected chi connectivity index (χ2v) is 6.10. The number of piperidine rings is 1. The van der Waals surface area contributed by atoms with E-state index in [1.54, 1.807) is 43.0 Å². The number of rotatable bonds is 3. The molecule has 5 heteroatoms. The lowest BCUT2D eigenvalue weighted by atomic mass is 9.99. The summed E-state index contributed by atoms with van der Waals surface area (Å²) in [6, 6.07) is 8.94. The number of hydrogen-bond acceptors (Lipinski definition) is 3. The number of nitrogens with two attached hydrogens (primary N) is 1. The summed E-state index contributed by atoms with van der Waals surface area (Å²) in [5.41, 5.74) is 5.53. The quantitative estimate of drug-likeness (QED) is 0.876. The molecule has 1 saturated heterocycles. The van der Waals surface area contributed by atoms with Crippen molar-refractivity contribution < 1.29 is 9.59 Å². The summed E-state index contributed by atoms with van der Waals surface area (Å²) in [6.07, 6.45) is 1.86. The fourth-order valence-electron chi connectivity index (χ4n) is 2.59. The smallest absolute Gasteiger partial charge is 0.252 e. The summed E-state index contributed by atoms with van der Waals surface area (Å²) in [7, 11) is 0. The molecule has 1 aliphatic heterocycles. The van der Waals surface area contributed by atoms with Crippen molar-refractivity contribution in [2.24, 2.45) is 5.73 Å². The molecule has 1 heterocycles. The summed E-state index contributed by atoms with van der Waals surface area (Å²) in [4.78, 5) is 26.5. The highest BCUT2D eigenvalue weighted by atomic mass is 16.2. The standard InChI is InChI=1S/C16H23N3O2/c1-16(2,15(21)19-10-6-9-13(17)11-19)18-14(20)12-7-4-3-5-8-12/h3-5,7-8,13H,6,9-11,17H2,1-2H3,(H,18,20)/t13-/m0/s1. The molecule has 3 N–H and O–H groups in total. The van der Waals surface area contributed by atoms with Crippen LogP contribution < -0.4 is 11.1 Å². The number of carbonyl (C=O) groups excluding carboxylic acids is 2. The summed E-state index contributed by atoms with van der Waals surface area (Å²) in [6.45, 7) is 4.73. The van der Waals surface area contributed by atoms with Gasteiger partial charge in [0.25, 0.3) is 5.91 Å². The molecule has 5 nitrogen and oxygen atoms in total. The fraction of sp³-hybridized carbons (Fsp3) is 0.500. The van der Waals surface area contributed by atoms with Gasteiger partial charge < -0.3 is 16.0 Å². The monoisotopic (exact) mass is 289 g/mol.